The molecule has 2 heterocycles. The molecule has 3 aromatic carbocycles. The van der Waals surface area contributed by atoms with Gasteiger partial charge in [-0.15, -0.1) is 0 Å². The maximum atomic E-state index is 2.25. The minimum Gasteiger partial charge on any atom is -0.317 e. The van der Waals surface area contributed by atoms with Crippen LogP contribution in [0.4, 0.5) is 0 Å². The smallest absolute Gasteiger partial charge is 0.0528 e. The van der Waals surface area contributed by atoms with Crippen molar-refractivity contribution in [2.75, 3.05) is 0 Å². The molecule has 0 spiro atoms. The van der Waals surface area contributed by atoms with Gasteiger partial charge in [-0.2, -0.15) is 0 Å². The summed E-state index contributed by atoms with van der Waals surface area (Å²) in [6.07, 6.45) is 4.29. The standard InChI is InChI=1S/C24H20N2/c1-17-3-9-23-19(15-17)11-13-25(23)21-5-7-22(8-6-21)26-14-12-20-16-18(2)4-10-24(20)26/h3-16H,1-2H3. The van der Waals surface area contributed by atoms with Crippen molar-refractivity contribution in [3.8, 4) is 11.4 Å². The third-order valence-corrected chi connectivity index (χ3v) is 5.10. The molecule has 0 aliphatic heterocycles. The number of rotatable bonds is 2. The van der Waals surface area contributed by atoms with E-state index in [2.05, 4.69) is 108 Å². The SMILES string of the molecule is Cc1ccc2c(ccn2-c2ccc(-n3ccc4cc(C)ccc43)cc2)c1. The summed E-state index contributed by atoms with van der Waals surface area (Å²) in [4.78, 5) is 0. The quantitative estimate of drug-likeness (QED) is 0.364. The van der Waals surface area contributed by atoms with E-state index in [9.17, 15) is 0 Å². The van der Waals surface area contributed by atoms with Gasteiger partial charge in [-0.3, -0.25) is 0 Å². The number of hydrogen-bond donors (Lipinski definition) is 0. The van der Waals surface area contributed by atoms with Gasteiger partial charge in [-0.1, -0.05) is 23.3 Å². The van der Waals surface area contributed by atoms with E-state index in [-0.39, 0.29) is 0 Å². The predicted octanol–water partition coefficient (Wildman–Crippen LogP) is 6.19. The van der Waals surface area contributed by atoms with Gasteiger partial charge in [-0.25, -0.2) is 0 Å². The highest BCUT2D eigenvalue weighted by Gasteiger charge is 2.06. The second-order valence-corrected chi connectivity index (χ2v) is 7.01. The highest BCUT2D eigenvalue weighted by atomic mass is 15.0. The number of nitrogens with zero attached hydrogens (tertiary/aromatic N) is 2. The van der Waals surface area contributed by atoms with Crippen LogP contribution in [0.15, 0.2) is 85.2 Å². The first-order chi connectivity index (χ1) is 12.7. The Morgan fingerprint density at radius 3 is 1.35 bits per heavy atom. The van der Waals surface area contributed by atoms with E-state index in [1.165, 1.54) is 44.3 Å². The minimum atomic E-state index is 1.18. The zero-order valence-corrected chi connectivity index (χ0v) is 15.0. The summed E-state index contributed by atoms with van der Waals surface area (Å²) < 4.78 is 4.49. The van der Waals surface area contributed by atoms with E-state index in [0.29, 0.717) is 0 Å². The molecular weight excluding hydrogens is 316 g/mol. The Balaban J connectivity index is 1.57. The van der Waals surface area contributed by atoms with Gasteiger partial charge in [0.05, 0.1) is 11.0 Å². The van der Waals surface area contributed by atoms with Crippen molar-refractivity contribution in [2.24, 2.45) is 0 Å². The summed E-state index contributed by atoms with van der Waals surface area (Å²) in [7, 11) is 0. The molecule has 0 unspecified atom stereocenters. The Labute approximate surface area is 152 Å². The molecule has 0 aliphatic rings. The highest BCUT2D eigenvalue weighted by molar-refractivity contribution is 5.84. The Morgan fingerprint density at radius 2 is 0.923 bits per heavy atom. The number of aromatic nitrogens is 2. The Morgan fingerprint density at radius 1 is 0.500 bits per heavy atom. The average molecular weight is 336 g/mol. The molecule has 2 heteroatoms. The first-order valence-electron chi connectivity index (χ1n) is 8.95. The van der Waals surface area contributed by atoms with Crippen molar-refractivity contribution < 1.29 is 0 Å². The lowest BCUT2D eigenvalue weighted by atomic mass is 10.2. The van der Waals surface area contributed by atoms with Crippen molar-refractivity contribution >= 4 is 21.8 Å². The first kappa shape index (κ1) is 15.0. The van der Waals surface area contributed by atoms with E-state index in [0.717, 1.165) is 0 Å². The monoisotopic (exact) mass is 336 g/mol. The van der Waals surface area contributed by atoms with Gasteiger partial charge in [0.2, 0.25) is 0 Å². The summed E-state index contributed by atoms with van der Waals surface area (Å²) >= 11 is 0. The van der Waals surface area contributed by atoms with E-state index in [4.69, 9.17) is 0 Å². The maximum absolute atomic E-state index is 2.25. The molecule has 0 radical (unpaired) electrons. The highest BCUT2D eigenvalue weighted by Crippen LogP contribution is 2.25. The van der Waals surface area contributed by atoms with Crippen molar-refractivity contribution in [1.82, 2.24) is 9.13 Å². The van der Waals surface area contributed by atoms with Crippen LogP contribution in [0.5, 0.6) is 0 Å². The van der Waals surface area contributed by atoms with Crippen LogP contribution in [0.1, 0.15) is 11.1 Å². The number of fused-ring (bicyclic) bond motifs is 2. The number of benzene rings is 3. The zero-order chi connectivity index (χ0) is 17.7. The van der Waals surface area contributed by atoms with Gasteiger partial charge in [0, 0.05) is 34.5 Å². The molecule has 0 saturated heterocycles. The van der Waals surface area contributed by atoms with Crippen LogP contribution < -0.4 is 0 Å². The molecule has 2 nitrogen and oxygen atoms in total. The summed E-state index contributed by atoms with van der Waals surface area (Å²) in [5.74, 6) is 0. The molecule has 0 N–H and O–H groups in total. The van der Waals surface area contributed by atoms with Gasteiger partial charge in [0.15, 0.2) is 0 Å². The van der Waals surface area contributed by atoms with Crippen LogP contribution in [0.25, 0.3) is 33.2 Å². The van der Waals surface area contributed by atoms with Crippen molar-refractivity contribution in [3.05, 3.63) is 96.3 Å². The number of aryl methyl sites for hydroxylation is 2. The molecule has 5 rings (SSSR count). The van der Waals surface area contributed by atoms with Crippen LogP contribution in [0, 0.1) is 13.8 Å². The van der Waals surface area contributed by atoms with Crippen molar-refractivity contribution in [2.45, 2.75) is 13.8 Å². The molecule has 126 valence electrons. The Kier molecular flexibility index (Phi) is 3.26. The van der Waals surface area contributed by atoms with Crippen molar-refractivity contribution in [1.29, 1.82) is 0 Å². The molecule has 5 aromatic rings. The summed E-state index contributed by atoms with van der Waals surface area (Å²) in [6, 6.07) is 26.3. The summed E-state index contributed by atoms with van der Waals surface area (Å²) in [6.45, 7) is 4.27. The second kappa shape index (κ2) is 5.63. The van der Waals surface area contributed by atoms with E-state index in [1.807, 2.05) is 0 Å². The first-order valence-corrected chi connectivity index (χ1v) is 8.95. The van der Waals surface area contributed by atoms with Crippen LogP contribution in [-0.4, -0.2) is 9.13 Å². The molecule has 0 amide bonds. The molecule has 26 heavy (non-hydrogen) atoms. The van der Waals surface area contributed by atoms with Gasteiger partial charge in [-0.05, 0) is 74.5 Å². The molecule has 2 aromatic heterocycles. The van der Waals surface area contributed by atoms with Crippen LogP contribution in [0.3, 0.4) is 0 Å². The molecule has 0 aliphatic carbocycles. The van der Waals surface area contributed by atoms with Crippen LogP contribution in [0.2, 0.25) is 0 Å². The summed E-state index contributed by atoms with van der Waals surface area (Å²) in [5.41, 5.74) is 7.43. The molecule has 0 saturated carbocycles. The van der Waals surface area contributed by atoms with E-state index < -0.39 is 0 Å². The topological polar surface area (TPSA) is 9.86 Å². The minimum absolute atomic E-state index is 1.18. The predicted molar refractivity (Wildman–Crippen MR) is 110 cm³/mol. The third-order valence-electron chi connectivity index (χ3n) is 5.10. The molecule has 0 atom stereocenters. The fourth-order valence-electron chi connectivity index (χ4n) is 3.75. The lowest BCUT2D eigenvalue weighted by Crippen LogP contribution is -1.95. The maximum Gasteiger partial charge on any atom is 0.0528 e. The zero-order valence-electron chi connectivity index (χ0n) is 15.0. The fraction of sp³-hybridized carbons (Fsp3) is 0.0833. The van der Waals surface area contributed by atoms with Crippen LogP contribution >= 0.6 is 0 Å². The Hall–Kier alpha value is -3.26. The average Bonchev–Trinajstić information content (AvgIpc) is 3.25. The lowest BCUT2D eigenvalue weighted by molar-refractivity contribution is 1.10. The lowest BCUT2D eigenvalue weighted by Gasteiger charge is -2.09. The largest absolute Gasteiger partial charge is 0.317 e. The van der Waals surface area contributed by atoms with Gasteiger partial charge in [0.1, 0.15) is 0 Å². The van der Waals surface area contributed by atoms with E-state index >= 15 is 0 Å². The van der Waals surface area contributed by atoms with Gasteiger partial charge in [0.25, 0.3) is 0 Å². The van der Waals surface area contributed by atoms with Crippen molar-refractivity contribution in [3.63, 3.8) is 0 Å². The molecule has 0 bridgehead atoms. The fourth-order valence-corrected chi connectivity index (χ4v) is 3.75. The third kappa shape index (κ3) is 2.34. The van der Waals surface area contributed by atoms with Crippen LogP contribution in [-0.2, 0) is 0 Å². The second-order valence-electron chi connectivity index (χ2n) is 7.01. The van der Waals surface area contributed by atoms with Gasteiger partial charge < -0.3 is 9.13 Å². The Bertz CT molecular complexity index is 1140. The number of hydrogen-bond acceptors (Lipinski definition) is 0. The molecule has 0 fully saturated rings. The van der Waals surface area contributed by atoms with E-state index in [1.54, 1.807) is 0 Å². The molecular formula is C24H20N2. The normalized spacial score (nSPS) is 11.5. The van der Waals surface area contributed by atoms with Gasteiger partial charge >= 0.3 is 0 Å². The summed E-state index contributed by atoms with van der Waals surface area (Å²) in [5, 5.41) is 2.56.